The van der Waals surface area contributed by atoms with E-state index in [0.29, 0.717) is 3.92 Å². The van der Waals surface area contributed by atoms with Gasteiger partial charge in [0.1, 0.15) is 0 Å². The summed E-state index contributed by atoms with van der Waals surface area (Å²) < 4.78 is 11.6. The lowest BCUT2D eigenvalue weighted by Crippen LogP contribution is -2.32. The summed E-state index contributed by atoms with van der Waals surface area (Å²) in [7, 11) is 0. The third-order valence-electron chi connectivity index (χ3n) is 1.47. The van der Waals surface area contributed by atoms with Gasteiger partial charge in [-0.1, -0.05) is 22.6 Å². The lowest BCUT2D eigenvalue weighted by Gasteiger charge is -2.25. The number of rotatable bonds is 1. The Morgan fingerprint density at radius 1 is 1.36 bits per heavy atom. The number of hydrogen-bond donors (Lipinski definition) is 0. The highest BCUT2D eigenvalue weighted by molar-refractivity contribution is 14.1. The number of ether oxygens (including phenoxy) is 2. The third-order valence-corrected chi connectivity index (χ3v) is 2.63. The molecule has 0 aromatic heterocycles. The lowest BCUT2D eigenvalue weighted by atomic mass is 10.2. The van der Waals surface area contributed by atoms with Crippen LogP contribution in [0.2, 0.25) is 0 Å². The average molecular weight is 270 g/mol. The van der Waals surface area contributed by atoms with E-state index in [1.165, 1.54) is 0 Å². The van der Waals surface area contributed by atoms with E-state index in [4.69, 9.17) is 9.47 Å². The quantitative estimate of drug-likeness (QED) is 0.536. The second-order valence-electron chi connectivity index (χ2n) is 3.82. The summed E-state index contributed by atoms with van der Waals surface area (Å²) in [4.78, 5) is 0. The second-order valence-corrected chi connectivity index (χ2v) is 5.42. The molecular weight excluding hydrogens is 255 g/mol. The van der Waals surface area contributed by atoms with Crippen LogP contribution in [0.5, 0.6) is 0 Å². The minimum Gasteiger partial charge on any atom is -0.378 e. The van der Waals surface area contributed by atoms with Gasteiger partial charge in [-0.15, -0.1) is 0 Å². The van der Waals surface area contributed by atoms with Crippen LogP contribution in [0.4, 0.5) is 0 Å². The Bertz CT molecular complexity index is 131. The van der Waals surface area contributed by atoms with E-state index in [1.807, 2.05) is 0 Å². The van der Waals surface area contributed by atoms with Crippen molar-refractivity contribution in [3.63, 3.8) is 0 Å². The van der Waals surface area contributed by atoms with Crippen LogP contribution in [0.15, 0.2) is 0 Å². The molecule has 0 radical (unpaired) electrons. The molecule has 0 saturated carbocycles. The van der Waals surface area contributed by atoms with Crippen LogP contribution in [0.25, 0.3) is 0 Å². The molecular formula is C8H15IO2. The molecule has 0 amide bonds. The first-order chi connectivity index (χ1) is 4.99. The highest BCUT2D eigenvalue weighted by Gasteiger charge is 2.30. The van der Waals surface area contributed by atoms with E-state index < -0.39 is 0 Å². The van der Waals surface area contributed by atoms with Gasteiger partial charge in [-0.2, -0.15) is 0 Å². The maximum absolute atomic E-state index is 5.78. The van der Waals surface area contributed by atoms with E-state index in [1.54, 1.807) is 0 Å². The zero-order valence-electron chi connectivity index (χ0n) is 7.26. The zero-order chi connectivity index (χ0) is 8.48. The molecule has 1 rings (SSSR count). The SMILES string of the molecule is CC(C)(C)OC1COCC1I. The highest BCUT2D eigenvalue weighted by atomic mass is 127. The summed E-state index contributed by atoms with van der Waals surface area (Å²) in [5, 5.41) is 0. The molecule has 1 fully saturated rings. The predicted molar refractivity (Wildman–Crippen MR) is 53.3 cm³/mol. The smallest absolute Gasteiger partial charge is 0.0955 e. The van der Waals surface area contributed by atoms with E-state index in [2.05, 4.69) is 43.4 Å². The summed E-state index contributed by atoms with van der Waals surface area (Å²) in [6.45, 7) is 7.82. The van der Waals surface area contributed by atoms with Crippen molar-refractivity contribution < 1.29 is 9.47 Å². The number of halogens is 1. The average Bonchev–Trinajstić information content (AvgIpc) is 2.12. The van der Waals surface area contributed by atoms with Crippen molar-refractivity contribution in [2.24, 2.45) is 0 Å². The fourth-order valence-corrected chi connectivity index (χ4v) is 1.68. The van der Waals surface area contributed by atoms with Crippen LogP contribution in [-0.2, 0) is 9.47 Å². The second kappa shape index (κ2) is 3.58. The maximum Gasteiger partial charge on any atom is 0.0955 e. The summed E-state index contributed by atoms with van der Waals surface area (Å²) in [6, 6.07) is 0. The van der Waals surface area contributed by atoms with Crippen LogP contribution in [-0.4, -0.2) is 28.8 Å². The molecule has 11 heavy (non-hydrogen) atoms. The fourth-order valence-electron chi connectivity index (χ4n) is 1.07. The molecule has 0 spiro atoms. The topological polar surface area (TPSA) is 18.5 Å². The van der Waals surface area contributed by atoms with Gasteiger partial charge in [0.05, 0.1) is 28.8 Å². The summed E-state index contributed by atoms with van der Waals surface area (Å²) in [5.74, 6) is 0. The van der Waals surface area contributed by atoms with Crippen molar-refractivity contribution in [2.45, 2.75) is 36.4 Å². The fraction of sp³-hybridized carbons (Fsp3) is 1.00. The molecule has 2 nitrogen and oxygen atoms in total. The van der Waals surface area contributed by atoms with Gasteiger partial charge in [0.15, 0.2) is 0 Å². The Morgan fingerprint density at radius 2 is 2.00 bits per heavy atom. The van der Waals surface area contributed by atoms with E-state index >= 15 is 0 Å². The highest BCUT2D eigenvalue weighted by Crippen LogP contribution is 2.22. The molecule has 1 aliphatic heterocycles. The minimum absolute atomic E-state index is 0.0399. The van der Waals surface area contributed by atoms with Crippen molar-refractivity contribution in [3.8, 4) is 0 Å². The monoisotopic (exact) mass is 270 g/mol. The van der Waals surface area contributed by atoms with Crippen molar-refractivity contribution in [1.82, 2.24) is 0 Å². The Hall–Kier alpha value is 0.650. The molecule has 1 saturated heterocycles. The van der Waals surface area contributed by atoms with Crippen LogP contribution in [0.3, 0.4) is 0 Å². The first-order valence-corrected chi connectivity index (χ1v) is 5.13. The predicted octanol–water partition coefficient (Wildman–Crippen LogP) is 2.00. The Morgan fingerprint density at radius 3 is 2.36 bits per heavy atom. The number of alkyl halides is 1. The van der Waals surface area contributed by atoms with Crippen LogP contribution < -0.4 is 0 Å². The van der Waals surface area contributed by atoms with Crippen molar-refractivity contribution in [2.75, 3.05) is 13.2 Å². The molecule has 0 aliphatic carbocycles. The van der Waals surface area contributed by atoms with Gasteiger partial charge in [-0.05, 0) is 20.8 Å². The molecule has 0 bridgehead atoms. The molecule has 3 heteroatoms. The Balaban J connectivity index is 2.37. The first-order valence-electron chi connectivity index (χ1n) is 3.89. The van der Waals surface area contributed by atoms with Crippen molar-refractivity contribution in [1.29, 1.82) is 0 Å². The van der Waals surface area contributed by atoms with Crippen LogP contribution in [0, 0.1) is 0 Å². The van der Waals surface area contributed by atoms with Crippen molar-refractivity contribution >= 4 is 22.6 Å². The number of hydrogen-bond acceptors (Lipinski definition) is 2. The summed E-state index contributed by atoms with van der Waals surface area (Å²) in [6.07, 6.45) is 0.288. The molecule has 0 aromatic rings. The zero-order valence-corrected chi connectivity index (χ0v) is 9.42. The summed E-state index contributed by atoms with van der Waals surface area (Å²) >= 11 is 2.38. The van der Waals surface area contributed by atoms with Crippen LogP contribution in [0.1, 0.15) is 20.8 Å². The minimum atomic E-state index is -0.0399. The molecule has 2 unspecified atom stereocenters. The third kappa shape index (κ3) is 3.25. The maximum atomic E-state index is 5.78. The molecule has 1 aliphatic rings. The van der Waals surface area contributed by atoms with Gasteiger partial charge in [0.2, 0.25) is 0 Å². The van der Waals surface area contributed by atoms with Gasteiger partial charge in [-0.3, -0.25) is 0 Å². The molecule has 2 atom stereocenters. The Kier molecular flexibility index (Phi) is 3.17. The van der Waals surface area contributed by atoms with E-state index in [-0.39, 0.29) is 11.7 Å². The molecule has 0 N–H and O–H groups in total. The van der Waals surface area contributed by atoms with Gasteiger partial charge >= 0.3 is 0 Å². The molecule has 66 valence electrons. The van der Waals surface area contributed by atoms with Crippen LogP contribution >= 0.6 is 22.6 Å². The largest absolute Gasteiger partial charge is 0.378 e. The van der Waals surface area contributed by atoms with Gasteiger partial charge in [-0.25, -0.2) is 0 Å². The summed E-state index contributed by atoms with van der Waals surface area (Å²) in [5.41, 5.74) is -0.0399. The van der Waals surface area contributed by atoms with Gasteiger partial charge in [0, 0.05) is 0 Å². The molecule has 0 aromatic carbocycles. The standard InChI is InChI=1S/C8H15IO2/c1-8(2,3)11-7-5-10-4-6(7)9/h6-7H,4-5H2,1-3H3. The lowest BCUT2D eigenvalue weighted by molar-refractivity contribution is -0.0577. The van der Waals surface area contributed by atoms with Crippen molar-refractivity contribution in [3.05, 3.63) is 0 Å². The van der Waals surface area contributed by atoms with E-state index in [0.717, 1.165) is 13.2 Å². The normalized spacial score (nSPS) is 32.7. The Labute approximate surface area is 81.8 Å². The van der Waals surface area contributed by atoms with Gasteiger partial charge in [0.25, 0.3) is 0 Å². The first kappa shape index (κ1) is 9.74. The molecule has 1 heterocycles. The van der Waals surface area contributed by atoms with Gasteiger partial charge < -0.3 is 9.47 Å². The van der Waals surface area contributed by atoms with E-state index in [9.17, 15) is 0 Å².